The molecular weight excluding hydrogens is 349 g/mol. The van der Waals surface area contributed by atoms with Crippen molar-refractivity contribution >= 4 is 44.9 Å². The smallest absolute Gasteiger partial charge is 0.126 e. The summed E-state index contributed by atoms with van der Waals surface area (Å²) in [4.78, 5) is 0. The second-order valence-electron chi connectivity index (χ2n) is 4.11. The first kappa shape index (κ1) is 14.3. The summed E-state index contributed by atoms with van der Waals surface area (Å²) in [6.45, 7) is 3.74. The second-order valence-corrected chi connectivity index (χ2v) is 5.72. The Kier molecular flexibility index (Phi) is 3.82. The van der Waals surface area contributed by atoms with E-state index < -0.39 is 0 Å². The van der Waals surface area contributed by atoms with Crippen LogP contribution in [-0.4, -0.2) is 4.57 Å². The molecule has 1 aromatic heterocycles. The molecule has 0 saturated heterocycles. The van der Waals surface area contributed by atoms with Crippen LogP contribution in [0.25, 0.3) is 5.69 Å². The van der Waals surface area contributed by atoms with Crippen molar-refractivity contribution < 1.29 is 0 Å². The van der Waals surface area contributed by atoms with Crippen molar-refractivity contribution in [3.63, 3.8) is 0 Å². The summed E-state index contributed by atoms with van der Waals surface area (Å²) in [5.74, 6) is 0.373. The van der Waals surface area contributed by atoms with E-state index >= 15 is 0 Å². The van der Waals surface area contributed by atoms with Crippen molar-refractivity contribution in [2.24, 2.45) is 0 Å². The molecule has 1 aromatic carbocycles. The summed E-state index contributed by atoms with van der Waals surface area (Å²) in [7, 11) is 0. The van der Waals surface area contributed by atoms with E-state index in [4.69, 9.17) is 34.2 Å². The van der Waals surface area contributed by atoms with Gasteiger partial charge in [0, 0.05) is 10.2 Å². The van der Waals surface area contributed by atoms with Gasteiger partial charge in [0.1, 0.15) is 11.9 Å². The Labute approximate surface area is 129 Å². The van der Waals surface area contributed by atoms with Gasteiger partial charge >= 0.3 is 0 Å². The lowest BCUT2D eigenvalue weighted by molar-refractivity contribution is 1.02. The van der Waals surface area contributed by atoms with E-state index in [1.165, 1.54) is 0 Å². The Morgan fingerprint density at radius 1 is 1.26 bits per heavy atom. The molecule has 0 aliphatic rings. The topological polar surface area (TPSA) is 54.7 Å². The van der Waals surface area contributed by atoms with Crippen molar-refractivity contribution in [1.29, 1.82) is 5.26 Å². The van der Waals surface area contributed by atoms with E-state index in [0.717, 1.165) is 11.3 Å². The highest BCUT2D eigenvalue weighted by Crippen LogP contribution is 2.38. The van der Waals surface area contributed by atoms with Gasteiger partial charge in [0.2, 0.25) is 0 Å². The number of halogens is 3. The van der Waals surface area contributed by atoms with Crippen LogP contribution >= 0.6 is 39.1 Å². The number of hydrogen-bond donors (Lipinski definition) is 1. The summed E-state index contributed by atoms with van der Waals surface area (Å²) in [5, 5.41) is 9.96. The molecule has 0 atom stereocenters. The van der Waals surface area contributed by atoms with Gasteiger partial charge in [0.15, 0.2) is 0 Å². The van der Waals surface area contributed by atoms with Crippen LogP contribution in [-0.2, 0) is 0 Å². The molecule has 2 rings (SSSR count). The zero-order valence-electron chi connectivity index (χ0n) is 10.3. The average Bonchev–Trinajstić information content (AvgIpc) is 2.59. The van der Waals surface area contributed by atoms with E-state index in [0.29, 0.717) is 31.6 Å². The van der Waals surface area contributed by atoms with E-state index in [1.807, 2.05) is 19.9 Å². The van der Waals surface area contributed by atoms with Crippen LogP contribution < -0.4 is 5.73 Å². The molecule has 98 valence electrons. The highest BCUT2D eigenvalue weighted by atomic mass is 79.9. The van der Waals surface area contributed by atoms with Crippen LogP contribution in [0.4, 0.5) is 5.82 Å². The number of nitrogens with two attached hydrogens (primary N) is 1. The lowest BCUT2D eigenvalue weighted by Crippen LogP contribution is -2.03. The molecule has 2 N–H and O–H groups in total. The number of nitriles is 1. The molecule has 0 radical (unpaired) electrons. The fourth-order valence-corrected chi connectivity index (χ4v) is 2.83. The van der Waals surface area contributed by atoms with Gasteiger partial charge in [-0.25, -0.2) is 0 Å². The standard InChI is InChI=1S/C13H10BrCl2N3/c1-6-7(2)19(13(18)8(6)5-17)10-4-3-9(14)11(15)12(10)16/h3-4H,18H2,1-2H3. The summed E-state index contributed by atoms with van der Waals surface area (Å²) in [6.07, 6.45) is 0. The first-order chi connectivity index (χ1) is 8.90. The SMILES string of the molecule is Cc1c(C#N)c(N)n(-c2ccc(Br)c(Cl)c2Cl)c1C. The lowest BCUT2D eigenvalue weighted by atomic mass is 10.2. The Bertz CT molecular complexity index is 714. The Morgan fingerprint density at radius 2 is 1.89 bits per heavy atom. The molecular formula is C13H10BrCl2N3. The van der Waals surface area contributed by atoms with Gasteiger partial charge < -0.3 is 5.73 Å². The summed E-state index contributed by atoms with van der Waals surface area (Å²) in [6, 6.07) is 5.71. The summed E-state index contributed by atoms with van der Waals surface area (Å²) >= 11 is 15.7. The molecule has 2 aromatic rings. The van der Waals surface area contributed by atoms with Crippen LogP contribution in [0.5, 0.6) is 0 Å². The molecule has 6 heteroatoms. The maximum atomic E-state index is 9.14. The molecule has 19 heavy (non-hydrogen) atoms. The molecule has 0 aliphatic carbocycles. The maximum absolute atomic E-state index is 9.14. The van der Waals surface area contributed by atoms with Gasteiger partial charge in [-0.3, -0.25) is 4.57 Å². The van der Waals surface area contributed by atoms with Gasteiger partial charge in [-0.1, -0.05) is 23.2 Å². The zero-order chi connectivity index (χ0) is 14.3. The summed E-state index contributed by atoms with van der Waals surface area (Å²) in [5.41, 5.74) is 8.87. The van der Waals surface area contributed by atoms with Crippen molar-refractivity contribution in [1.82, 2.24) is 4.57 Å². The number of rotatable bonds is 1. The molecule has 1 heterocycles. The molecule has 0 unspecified atom stereocenters. The van der Waals surface area contributed by atoms with Gasteiger partial charge in [-0.05, 0) is 47.5 Å². The monoisotopic (exact) mass is 357 g/mol. The van der Waals surface area contributed by atoms with E-state index in [9.17, 15) is 0 Å². The Balaban J connectivity index is 2.82. The second kappa shape index (κ2) is 5.09. The first-order valence-corrected chi connectivity index (χ1v) is 6.96. The molecule has 3 nitrogen and oxygen atoms in total. The Morgan fingerprint density at radius 3 is 2.42 bits per heavy atom. The van der Waals surface area contributed by atoms with Crippen molar-refractivity contribution in [2.75, 3.05) is 5.73 Å². The number of anilines is 1. The van der Waals surface area contributed by atoms with Crippen LogP contribution in [0.3, 0.4) is 0 Å². The van der Waals surface area contributed by atoms with E-state index in [-0.39, 0.29) is 0 Å². The molecule has 0 aliphatic heterocycles. The number of hydrogen-bond acceptors (Lipinski definition) is 2. The molecule has 0 amide bonds. The van der Waals surface area contributed by atoms with Gasteiger partial charge in [-0.15, -0.1) is 0 Å². The predicted octanol–water partition coefficient (Wildman–Crippen LogP) is 4.62. The average molecular weight is 359 g/mol. The number of nitrogen functional groups attached to an aromatic ring is 1. The zero-order valence-corrected chi connectivity index (χ0v) is 13.4. The van der Waals surface area contributed by atoms with Crippen LogP contribution in [0.15, 0.2) is 16.6 Å². The fourth-order valence-electron chi connectivity index (χ4n) is 1.97. The lowest BCUT2D eigenvalue weighted by Gasteiger charge is -2.13. The minimum absolute atomic E-state index is 0.373. The number of aromatic nitrogens is 1. The van der Waals surface area contributed by atoms with Crippen LogP contribution in [0, 0.1) is 25.2 Å². The highest BCUT2D eigenvalue weighted by Gasteiger charge is 2.19. The van der Waals surface area contributed by atoms with E-state index in [1.54, 1.807) is 10.6 Å². The number of nitrogens with zero attached hydrogens (tertiary/aromatic N) is 2. The summed E-state index contributed by atoms with van der Waals surface area (Å²) < 4.78 is 2.46. The molecule has 0 saturated carbocycles. The number of benzene rings is 1. The maximum Gasteiger partial charge on any atom is 0.126 e. The largest absolute Gasteiger partial charge is 0.384 e. The normalized spacial score (nSPS) is 10.5. The Hall–Kier alpha value is -1.15. The minimum atomic E-state index is 0.373. The fraction of sp³-hybridized carbons (Fsp3) is 0.154. The molecule has 0 fully saturated rings. The third kappa shape index (κ3) is 2.12. The van der Waals surface area contributed by atoms with Gasteiger partial charge in [-0.2, -0.15) is 5.26 Å². The van der Waals surface area contributed by atoms with Crippen molar-refractivity contribution in [2.45, 2.75) is 13.8 Å². The quantitative estimate of drug-likeness (QED) is 0.756. The molecule has 0 spiro atoms. The van der Waals surface area contributed by atoms with Crippen molar-refractivity contribution in [3.05, 3.63) is 43.5 Å². The van der Waals surface area contributed by atoms with E-state index in [2.05, 4.69) is 22.0 Å². The van der Waals surface area contributed by atoms with Gasteiger partial charge in [0.25, 0.3) is 0 Å². The van der Waals surface area contributed by atoms with Crippen LogP contribution in [0.2, 0.25) is 10.0 Å². The predicted molar refractivity (Wildman–Crippen MR) is 82.1 cm³/mol. The minimum Gasteiger partial charge on any atom is -0.384 e. The van der Waals surface area contributed by atoms with Gasteiger partial charge in [0.05, 0.1) is 21.3 Å². The van der Waals surface area contributed by atoms with Crippen molar-refractivity contribution in [3.8, 4) is 11.8 Å². The third-order valence-corrected chi connectivity index (χ3v) is 4.88. The molecule has 0 bridgehead atoms. The van der Waals surface area contributed by atoms with Crippen LogP contribution in [0.1, 0.15) is 16.8 Å². The third-order valence-electron chi connectivity index (χ3n) is 3.12. The first-order valence-electron chi connectivity index (χ1n) is 5.41. The highest BCUT2D eigenvalue weighted by molar-refractivity contribution is 9.10.